The van der Waals surface area contributed by atoms with Crippen molar-refractivity contribution in [3.05, 3.63) is 0 Å². The van der Waals surface area contributed by atoms with E-state index in [1.54, 1.807) is 6.92 Å². The summed E-state index contributed by atoms with van der Waals surface area (Å²) in [7, 11) is 0. The molecule has 0 aromatic heterocycles. The molecule has 9 heteroatoms. The molecule has 0 aromatic carbocycles. The Morgan fingerprint density at radius 3 is 1.72 bits per heavy atom. The molecule has 47 heavy (non-hydrogen) atoms. The first-order valence-electron chi connectivity index (χ1n) is 18.6. The Labute approximate surface area is 286 Å². The number of carbonyl (C=O) groups excluding carboxylic acids is 2. The molecule has 9 nitrogen and oxygen atoms in total. The Kier molecular flexibility index (Phi) is 24.8. The lowest BCUT2D eigenvalue weighted by molar-refractivity contribution is -0.140. The molecule has 0 heterocycles. The molecular formula is C38H71NO8. The second kappa shape index (κ2) is 25.9. The molecule has 0 fully saturated rings. The van der Waals surface area contributed by atoms with Crippen molar-refractivity contribution in [3.63, 3.8) is 0 Å². The van der Waals surface area contributed by atoms with Gasteiger partial charge >= 0.3 is 11.9 Å². The van der Waals surface area contributed by atoms with E-state index < -0.39 is 24.1 Å². The number of carboxylic acids is 2. The van der Waals surface area contributed by atoms with Gasteiger partial charge in [0.1, 0.15) is 6.10 Å². The molecule has 0 aromatic rings. The molecule has 4 N–H and O–H groups in total. The molecule has 1 amide bonds. The fourth-order valence-electron chi connectivity index (χ4n) is 6.16. The van der Waals surface area contributed by atoms with Crippen LogP contribution >= 0.6 is 0 Å². The summed E-state index contributed by atoms with van der Waals surface area (Å²) in [5.74, 6) is -1.53. The quantitative estimate of drug-likeness (QED) is 0.0520. The Hall–Kier alpha value is -2.00. The number of ether oxygens (including phenoxy) is 1. The van der Waals surface area contributed by atoms with Gasteiger partial charge in [-0.1, -0.05) is 105 Å². The maximum atomic E-state index is 12.9. The monoisotopic (exact) mass is 670 g/mol. The van der Waals surface area contributed by atoms with Crippen molar-refractivity contribution in [2.24, 2.45) is 10.8 Å². The summed E-state index contributed by atoms with van der Waals surface area (Å²) in [6.45, 7) is 12.3. The lowest BCUT2D eigenvalue weighted by atomic mass is 9.83. The first-order chi connectivity index (χ1) is 22.1. The third-order valence-electron chi connectivity index (χ3n) is 9.15. The van der Waals surface area contributed by atoms with Crippen molar-refractivity contribution in [2.45, 2.75) is 201 Å². The number of Topliss-reactive ketones (excluding diaryl/α,β-unsaturated/α-hetero) is 1. The number of aliphatic carboxylic acids is 2. The van der Waals surface area contributed by atoms with Crippen molar-refractivity contribution in [3.8, 4) is 0 Å². The minimum Gasteiger partial charge on any atom is -0.481 e. The van der Waals surface area contributed by atoms with E-state index in [1.165, 1.54) is 25.7 Å². The second-order valence-electron chi connectivity index (χ2n) is 15.3. The van der Waals surface area contributed by atoms with Gasteiger partial charge in [0.05, 0.1) is 25.0 Å². The van der Waals surface area contributed by atoms with Crippen LogP contribution in [0.3, 0.4) is 0 Å². The number of carbonyl (C=O) groups is 4. The number of nitrogens with one attached hydrogen (secondary N) is 1. The Balaban J connectivity index is 4.55. The van der Waals surface area contributed by atoms with Gasteiger partial charge in [-0.25, -0.2) is 0 Å². The van der Waals surface area contributed by atoms with E-state index in [1.807, 2.05) is 27.7 Å². The maximum Gasteiger partial charge on any atom is 0.303 e. The van der Waals surface area contributed by atoms with Crippen LogP contribution in [0.25, 0.3) is 0 Å². The van der Waals surface area contributed by atoms with Crippen LogP contribution in [-0.2, 0) is 23.9 Å². The van der Waals surface area contributed by atoms with Gasteiger partial charge in [0.15, 0.2) is 5.78 Å². The minimum atomic E-state index is -0.801. The highest BCUT2D eigenvalue weighted by atomic mass is 16.5. The number of rotatable bonds is 32. The Bertz CT molecular complexity index is 872. The summed E-state index contributed by atoms with van der Waals surface area (Å²) in [4.78, 5) is 47.1. The molecule has 0 aliphatic carbocycles. The third kappa shape index (κ3) is 26.6. The molecule has 276 valence electrons. The number of ketones is 1. The first-order valence-corrected chi connectivity index (χ1v) is 18.6. The van der Waals surface area contributed by atoms with Crippen LogP contribution in [0.1, 0.15) is 183 Å². The van der Waals surface area contributed by atoms with Crippen LogP contribution in [0.4, 0.5) is 0 Å². The molecule has 0 radical (unpaired) electrons. The minimum absolute atomic E-state index is 0.0278. The predicted octanol–water partition coefficient (Wildman–Crippen LogP) is 8.63. The average Bonchev–Trinajstić information content (AvgIpc) is 2.96. The van der Waals surface area contributed by atoms with Crippen molar-refractivity contribution in [1.82, 2.24) is 5.32 Å². The summed E-state index contributed by atoms with van der Waals surface area (Å²) in [5, 5.41) is 32.1. The molecular weight excluding hydrogens is 598 g/mol. The van der Waals surface area contributed by atoms with Crippen LogP contribution < -0.4 is 5.32 Å². The molecule has 0 aliphatic rings. The summed E-state index contributed by atoms with van der Waals surface area (Å²) >= 11 is 0. The molecule has 0 rings (SSSR count). The molecule has 0 spiro atoms. The number of hydrogen-bond donors (Lipinski definition) is 4. The maximum absolute atomic E-state index is 12.9. The average molecular weight is 670 g/mol. The van der Waals surface area contributed by atoms with Crippen molar-refractivity contribution in [1.29, 1.82) is 0 Å². The van der Waals surface area contributed by atoms with Gasteiger partial charge in [-0.2, -0.15) is 0 Å². The van der Waals surface area contributed by atoms with Crippen molar-refractivity contribution < 1.29 is 39.2 Å². The largest absolute Gasteiger partial charge is 0.481 e. The molecule has 3 atom stereocenters. The zero-order chi connectivity index (χ0) is 35.7. The first kappa shape index (κ1) is 45.0. The second-order valence-corrected chi connectivity index (χ2v) is 15.3. The van der Waals surface area contributed by atoms with E-state index in [2.05, 4.69) is 12.2 Å². The topological polar surface area (TPSA) is 150 Å². The molecule has 0 saturated carbocycles. The third-order valence-corrected chi connectivity index (χ3v) is 9.15. The van der Waals surface area contributed by atoms with Crippen molar-refractivity contribution in [2.75, 3.05) is 6.54 Å². The van der Waals surface area contributed by atoms with Crippen LogP contribution in [0.15, 0.2) is 0 Å². The highest BCUT2D eigenvalue weighted by Crippen LogP contribution is 2.28. The fraction of sp³-hybridized carbons (Fsp3) is 0.895. The summed E-state index contributed by atoms with van der Waals surface area (Å²) in [5.41, 5.74) is -0.569. The van der Waals surface area contributed by atoms with Gasteiger partial charge in [-0.05, 0) is 62.7 Å². The molecule has 3 unspecified atom stereocenters. The fourth-order valence-corrected chi connectivity index (χ4v) is 6.16. The normalized spacial score (nSPS) is 14.0. The number of hydrogen-bond acceptors (Lipinski definition) is 6. The SMILES string of the molecule is CCCCCCCCC(O)C(CCCCCCCC(=O)NCCCC(C)(C)CC(=O)O)OC(C)C(=O)CCCCC(C)(C)CC(=O)O. The lowest BCUT2D eigenvalue weighted by Gasteiger charge is -2.27. The molecule has 0 saturated heterocycles. The van der Waals surface area contributed by atoms with Crippen LogP contribution in [0.5, 0.6) is 0 Å². The number of amides is 1. The predicted molar refractivity (Wildman–Crippen MR) is 188 cm³/mol. The van der Waals surface area contributed by atoms with Crippen LogP contribution in [0.2, 0.25) is 0 Å². The highest BCUT2D eigenvalue weighted by molar-refractivity contribution is 5.82. The van der Waals surface area contributed by atoms with E-state index in [0.717, 1.165) is 70.6 Å². The number of unbranched alkanes of at least 4 members (excludes halogenated alkanes) is 10. The smallest absolute Gasteiger partial charge is 0.303 e. The van der Waals surface area contributed by atoms with Gasteiger partial charge in [0, 0.05) is 19.4 Å². The summed E-state index contributed by atoms with van der Waals surface area (Å²) in [6, 6.07) is 0. The number of aliphatic hydroxyl groups excluding tert-OH is 1. The zero-order valence-electron chi connectivity index (χ0n) is 30.9. The van der Waals surface area contributed by atoms with E-state index in [-0.39, 0.29) is 41.5 Å². The lowest BCUT2D eigenvalue weighted by Crippen LogP contribution is -2.35. The van der Waals surface area contributed by atoms with E-state index in [0.29, 0.717) is 38.6 Å². The summed E-state index contributed by atoms with van der Waals surface area (Å²) in [6.07, 6.45) is 16.1. The highest BCUT2D eigenvalue weighted by Gasteiger charge is 2.26. The van der Waals surface area contributed by atoms with Gasteiger partial charge in [0.25, 0.3) is 0 Å². The van der Waals surface area contributed by atoms with Crippen LogP contribution in [0, 0.1) is 10.8 Å². The van der Waals surface area contributed by atoms with Gasteiger partial charge in [0.2, 0.25) is 5.91 Å². The van der Waals surface area contributed by atoms with Crippen molar-refractivity contribution >= 4 is 23.6 Å². The van der Waals surface area contributed by atoms with Gasteiger partial charge in [-0.15, -0.1) is 0 Å². The van der Waals surface area contributed by atoms with E-state index in [9.17, 15) is 24.3 Å². The summed E-state index contributed by atoms with van der Waals surface area (Å²) < 4.78 is 6.21. The van der Waals surface area contributed by atoms with Gasteiger partial charge < -0.3 is 25.4 Å². The molecule has 0 bridgehead atoms. The van der Waals surface area contributed by atoms with Gasteiger partial charge in [-0.3, -0.25) is 19.2 Å². The molecule has 0 aliphatic heterocycles. The standard InChI is InChI=1S/C38H71NO8/c1-7-8-9-10-12-15-22-32(41)33(47-30(2)31(40)21-18-19-25-37(3,4)28-35(43)44)23-16-13-11-14-17-24-34(42)39-27-20-26-38(5,6)29-36(45)46/h30,32-33,41H,7-29H2,1-6H3,(H,39,42)(H,43,44)(H,45,46). The van der Waals surface area contributed by atoms with Crippen LogP contribution in [-0.4, -0.2) is 63.8 Å². The van der Waals surface area contributed by atoms with E-state index in [4.69, 9.17) is 14.9 Å². The number of carboxylic acid groups (broad SMARTS) is 2. The Morgan fingerprint density at radius 1 is 0.660 bits per heavy atom. The van der Waals surface area contributed by atoms with E-state index >= 15 is 0 Å². The Morgan fingerprint density at radius 2 is 1.15 bits per heavy atom. The number of aliphatic hydroxyl groups is 1. The zero-order valence-corrected chi connectivity index (χ0v) is 30.9.